The lowest BCUT2D eigenvalue weighted by Crippen LogP contribution is -1.93. The Balaban J connectivity index is 2.22. The van der Waals surface area contributed by atoms with E-state index >= 15 is 0 Å². The van der Waals surface area contributed by atoms with Gasteiger partial charge in [0.1, 0.15) is 11.6 Å². The third-order valence-corrected chi connectivity index (χ3v) is 3.89. The number of methoxy groups -OCH3 is 1. The van der Waals surface area contributed by atoms with Crippen molar-refractivity contribution in [3.05, 3.63) is 53.3 Å². The van der Waals surface area contributed by atoms with Gasteiger partial charge < -0.3 is 10.5 Å². The van der Waals surface area contributed by atoms with Gasteiger partial charge in [0.05, 0.1) is 18.7 Å². The van der Waals surface area contributed by atoms with Gasteiger partial charge in [0.15, 0.2) is 0 Å². The SMILES string of the molecule is COc1ccc(C#N)cc1CSc1cc(F)ccc1N. The van der Waals surface area contributed by atoms with Crippen molar-refractivity contribution in [1.29, 1.82) is 5.26 Å². The van der Waals surface area contributed by atoms with E-state index in [1.807, 2.05) is 0 Å². The fourth-order valence-corrected chi connectivity index (χ4v) is 2.72. The number of halogens is 1. The van der Waals surface area contributed by atoms with E-state index in [-0.39, 0.29) is 5.82 Å². The molecule has 0 saturated heterocycles. The first kappa shape index (κ1) is 14.2. The lowest BCUT2D eigenvalue weighted by atomic mass is 10.1. The van der Waals surface area contributed by atoms with Crippen LogP contribution in [-0.4, -0.2) is 7.11 Å². The summed E-state index contributed by atoms with van der Waals surface area (Å²) in [7, 11) is 1.58. The molecule has 0 aliphatic rings. The fourth-order valence-electron chi connectivity index (χ4n) is 1.75. The van der Waals surface area contributed by atoms with Crippen LogP contribution in [0.15, 0.2) is 41.3 Å². The molecule has 0 aliphatic heterocycles. The quantitative estimate of drug-likeness (QED) is 0.690. The van der Waals surface area contributed by atoms with Gasteiger partial charge in [-0.3, -0.25) is 0 Å². The minimum atomic E-state index is -0.320. The Morgan fingerprint density at radius 1 is 1.30 bits per heavy atom. The van der Waals surface area contributed by atoms with E-state index in [0.29, 0.717) is 27.6 Å². The molecule has 2 rings (SSSR count). The van der Waals surface area contributed by atoms with E-state index in [0.717, 1.165) is 5.56 Å². The Morgan fingerprint density at radius 2 is 2.10 bits per heavy atom. The second-order valence-corrected chi connectivity index (χ2v) is 5.13. The van der Waals surface area contributed by atoms with Crippen molar-refractivity contribution in [3.8, 4) is 11.8 Å². The number of thioether (sulfide) groups is 1. The molecule has 102 valence electrons. The van der Waals surface area contributed by atoms with Crippen LogP contribution in [-0.2, 0) is 5.75 Å². The molecule has 2 aromatic carbocycles. The Bertz CT molecular complexity index is 667. The van der Waals surface area contributed by atoms with Crippen molar-refractivity contribution in [2.45, 2.75) is 10.6 Å². The van der Waals surface area contributed by atoms with E-state index in [2.05, 4.69) is 6.07 Å². The van der Waals surface area contributed by atoms with Gasteiger partial charge in [-0.05, 0) is 36.4 Å². The molecule has 20 heavy (non-hydrogen) atoms. The predicted molar refractivity (Wildman–Crippen MR) is 78.1 cm³/mol. The number of nitrogens with two attached hydrogens (primary N) is 1. The molecule has 0 spiro atoms. The molecule has 0 atom stereocenters. The minimum absolute atomic E-state index is 0.320. The van der Waals surface area contributed by atoms with Crippen LogP contribution in [0, 0.1) is 17.1 Å². The zero-order valence-corrected chi connectivity index (χ0v) is 11.7. The molecular weight excluding hydrogens is 275 g/mol. The number of benzene rings is 2. The van der Waals surface area contributed by atoms with E-state index < -0.39 is 0 Å². The lowest BCUT2D eigenvalue weighted by Gasteiger charge is -2.10. The second kappa shape index (κ2) is 6.31. The van der Waals surface area contributed by atoms with Crippen LogP contribution in [0.25, 0.3) is 0 Å². The first-order valence-corrected chi connectivity index (χ1v) is 6.87. The number of nitrogens with zero attached hydrogens (tertiary/aromatic N) is 1. The third-order valence-electron chi connectivity index (χ3n) is 2.77. The van der Waals surface area contributed by atoms with Gasteiger partial charge in [-0.15, -0.1) is 11.8 Å². The van der Waals surface area contributed by atoms with Gasteiger partial charge >= 0.3 is 0 Å². The Morgan fingerprint density at radius 3 is 2.80 bits per heavy atom. The number of ether oxygens (including phenoxy) is 1. The topological polar surface area (TPSA) is 59.0 Å². The second-order valence-electron chi connectivity index (χ2n) is 4.11. The molecule has 0 aliphatic carbocycles. The maximum atomic E-state index is 13.2. The van der Waals surface area contributed by atoms with Crippen molar-refractivity contribution >= 4 is 17.4 Å². The number of anilines is 1. The number of rotatable bonds is 4. The normalized spacial score (nSPS) is 10.1. The zero-order valence-electron chi connectivity index (χ0n) is 10.9. The molecule has 2 N–H and O–H groups in total. The Kier molecular flexibility index (Phi) is 4.49. The highest BCUT2D eigenvalue weighted by Crippen LogP contribution is 2.32. The summed E-state index contributed by atoms with van der Waals surface area (Å²) in [6.45, 7) is 0. The standard InChI is InChI=1S/C15H13FN2OS/c1-19-14-5-2-10(8-17)6-11(14)9-20-15-7-12(16)3-4-13(15)18/h2-7H,9,18H2,1H3. The van der Waals surface area contributed by atoms with Crippen molar-refractivity contribution in [2.75, 3.05) is 12.8 Å². The summed E-state index contributed by atoms with van der Waals surface area (Å²) in [5.74, 6) is 0.928. The van der Waals surface area contributed by atoms with Crippen molar-refractivity contribution in [2.24, 2.45) is 0 Å². The molecule has 0 fully saturated rings. The van der Waals surface area contributed by atoms with Crippen LogP contribution < -0.4 is 10.5 Å². The summed E-state index contributed by atoms with van der Waals surface area (Å²) in [6, 6.07) is 11.6. The summed E-state index contributed by atoms with van der Waals surface area (Å²) in [5.41, 5.74) is 7.78. The highest BCUT2D eigenvalue weighted by Gasteiger charge is 2.08. The first-order valence-electron chi connectivity index (χ1n) is 5.89. The van der Waals surface area contributed by atoms with Gasteiger partial charge in [0.2, 0.25) is 0 Å². The molecule has 0 radical (unpaired) electrons. The smallest absolute Gasteiger partial charge is 0.124 e. The Hall–Kier alpha value is -2.19. The fraction of sp³-hybridized carbons (Fsp3) is 0.133. The maximum absolute atomic E-state index is 13.2. The van der Waals surface area contributed by atoms with Crippen LogP contribution >= 0.6 is 11.8 Å². The molecule has 2 aromatic rings. The molecule has 0 bridgehead atoms. The van der Waals surface area contributed by atoms with Crippen molar-refractivity contribution < 1.29 is 9.13 Å². The van der Waals surface area contributed by atoms with E-state index in [9.17, 15) is 4.39 Å². The monoisotopic (exact) mass is 288 g/mol. The van der Waals surface area contributed by atoms with Gasteiger partial charge in [-0.1, -0.05) is 0 Å². The molecule has 0 heterocycles. The summed E-state index contributed by atoms with van der Waals surface area (Å²) < 4.78 is 18.5. The molecule has 0 saturated carbocycles. The highest BCUT2D eigenvalue weighted by atomic mass is 32.2. The minimum Gasteiger partial charge on any atom is -0.496 e. The molecule has 5 heteroatoms. The maximum Gasteiger partial charge on any atom is 0.124 e. The van der Waals surface area contributed by atoms with Crippen molar-refractivity contribution in [1.82, 2.24) is 0 Å². The Labute approximate surface area is 121 Å². The number of nitrogen functional groups attached to an aromatic ring is 1. The predicted octanol–water partition coefficient (Wildman–Crippen LogP) is 3.58. The summed E-state index contributed by atoms with van der Waals surface area (Å²) in [4.78, 5) is 0.675. The summed E-state index contributed by atoms with van der Waals surface area (Å²) >= 11 is 1.41. The number of hydrogen-bond donors (Lipinski definition) is 1. The van der Waals surface area contributed by atoms with Crippen molar-refractivity contribution in [3.63, 3.8) is 0 Å². The first-order chi connectivity index (χ1) is 9.63. The van der Waals surface area contributed by atoms with Crippen LogP contribution in [0.4, 0.5) is 10.1 Å². The number of hydrogen-bond acceptors (Lipinski definition) is 4. The molecule has 0 amide bonds. The van der Waals surface area contributed by atoms with Crippen LogP contribution in [0.3, 0.4) is 0 Å². The lowest BCUT2D eigenvalue weighted by molar-refractivity contribution is 0.411. The van der Waals surface area contributed by atoms with Gasteiger partial charge in [-0.25, -0.2) is 4.39 Å². The molecule has 0 aromatic heterocycles. The molecule has 0 unspecified atom stereocenters. The third kappa shape index (κ3) is 3.22. The van der Waals surface area contributed by atoms with Crippen LogP contribution in [0.1, 0.15) is 11.1 Å². The van der Waals surface area contributed by atoms with Crippen LogP contribution in [0.5, 0.6) is 5.75 Å². The molecule has 3 nitrogen and oxygen atoms in total. The summed E-state index contributed by atoms with van der Waals surface area (Å²) in [6.07, 6.45) is 0. The largest absolute Gasteiger partial charge is 0.496 e. The average molecular weight is 288 g/mol. The van der Waals surface area contributed by atoms with E-state index in [4.69, 9.17) is 15.7 Å². The zero-order chi connectivity index (χ0) is 14.5. The van der Waals surface area contributed by atoms with Crippen LogP contribution in [0.2, 0.25) is 0 Å². The summed E-state index contributed by atoms with van der Waals surface area (Å²) in [5, 5.41) is 8.92. The molecular formula is C15H13FN2OS. The van der Waals surface area contributed by atoms with E-state index in [1.165, 1.54) is 23.9 Å². The highest BCUT2D eigenvalue weighted by molar-refractivity contribution is 7.98. The van der Waals surface area contributed by atoms with Gasteiger partial charge in [0, 0.05) is 21.9 Å². The van der Waals surface area contributed by atoms with Gasteiger partial charge in [0.25, 0.3) is 0 Å². The van der Waals surface area contributed by atoms with Gasteiger partial charge in [-0.2, -0.15) is 5.26 Å². The van der Waals surface area contributed by atoms with E-state index in [1.54, 1.807) is 31.4 Å². The average Bonchev–Trinajstić information content (AvgIpc) is 2.47. The number of nitriles is 1.